The van der Waals surface area contributed by atoms with E-state index in [0.717, 1.165) is 0 Å². The normalized spacial score (nSPS) is 21.3. The van der Waals surface area contributed by atoms with Gasteiger partial charge in [0.25, 0.3) is 0 Å². The monoisotopic (exact) mass is 204 g/mol. The van der Waals surface area contributed by atoms with Crippen molar-refractivity contribution in [2.45, 2.75) is 64.2 Å². The number of fused-ring (bicyclic) bond motifs is 3. The van der Waals surface area contributed by atoms with Crippen molar-refractivity contribution in [3.8, 4) is 0 Å². The molecule has 0 spiro atoms. The van der Waals surface area contributed by atoms with Crippen molar-refractivity contribution in [2.24, 2.45) is 0 Å². The summed E-state index contributed by atoms with van der Waals surface area (Å²) in [4.78, 5) is 0. The molecule has 1 aromatic heterocycles. The third kappa shape index (κ3) is 1.73. The highest BCUT2D eigenvalue weighted by Gasteiger charge is 2.22. The number of hydrogen-bond donors (Lipinski definition) is 0. The third-order valence-corrected chi connectivity index (χ3v) is 3.95. The summed E-state index contributed by atoms with van der Waals surface area (Å²) >= 11 is 0. The van der Waals surface area contributed by atoms with Gasteiger partial charge in [-0.25, -0.2) is 0 Å². The summed E-state index contributed by atoms with van der Waals surface area (Å²) in [7, 11) is 0. The Morgan fingerprint density at radius 3 is 1.67 bits per heavy atom. The van der Waals surface area contributed by atoms with E-state index in [-0.39, 0.29) is 0 Å². The second-order valence-corrected chi connectivity index (χ2v) is 5.03. The van der Waals surface area contributed by atoms with E-state index in [0.29, 0.717) is 0 Å². The summed E-state index contributed by atoms with van der Waals surface area (Å²) in [6.45, 7) is 0. The first-order valence-corrected chi connectivity index (χ1v) is 6.57. The molecule has 2 aliphatic rings. The summed E-state index contributed by atoms with van der Waals surface area (Å²) in [5.41, 5.74) is 3.22. The largest absolute Gasteiger partial charge is 0.466 e. The van der Waals surface area contributed by atoms with Gasteiger partial charge >= 0.3 is 0 Å². The van der Waals surface area contributed by atoms with Crippen molar-refractivity contribution in [3.05, 3.63) is 22.6 Å². The summed E-state index contributed by atoms with van der Waals surface area (Å²) in [6.07, 6.45) is 13.2. The molecule has 15 heavy (non-hydrogen) atoms. The van der Waals surface area contributed by atoms with E-state index in [1.165, 1.54) is 75.7 Å². The molecule has 0 saturated carbocycles. The SMILES string of the molecule is C1CCCc2c(oc3c2CCCC3)CC1. The third-order valence-electron chi connectivity index (χ3n) is 3.95. The highest BCUT2D eigenvalue weighted by molar-refractivity contribution is 5.36. The molecule has 0 fully saturated rings. The Labute approximate surface area is 91.9 Å². The zero-order valence-electron chi connectivity index (χ0n) is 9.48. The van der Waals surface area contributed by atoms with Crippen molar-refractivity contribution in [3.63, 3.8) is 0 Å². The average molecular weight is 204 g/mol. The van der Waals surface area contributed by atoms with Gasteiger partial charge in [0, 0.05) is 12.8 Å². The van der Waals surface area contributed by atoms with E-state index in [1.807, 2.05) is 0 Å². The van der Waals surface area contributed by atoms with Gasteiger partial charge in [-0.1, -0.05) is 12.8 Å². The first-order chi connectivity index (χ1) is 7.45. The van der Waals surface area contributed by atoms with E-state index in [4.69, 9.17) is 4.42 Å². The predicted octanol–water partition coefficient (Wildman–Crippen LogP) is 3.82. The number of rotatable bonds is 0. The van der Waals surface area contributed by atoms with Crippen LogP contribution in [-0.4, -0.2) is 0 Å². The van der Waals surface area contributed by atoms with Crippen LogP contribution >= 0.6 is 0 Å². The fourth-order valence-electron chi connectivity index (χ4n) is 3.12. The van der Waals surface area contributed by atoms with E-state index in [9.17, 15) is 0 Å². The molecule has 0 aliphatic heterocycles. The lowest BCUT2D eigenvalue weighted by Crippen LogP contribution is -2.03. The lowest BCUT2D eigenvalue weighted by Gasteiger charge is -2.12. The van der Waals surface area contributed by atoms with Crippen LogP contribution in [0.3, 0.4) is 0 Å². The minimum Gasteiger partial charge on any atom is -0.466 e. The Hall–Kier alpha value is -0.720. The first-order valence-electron chi connectivity index (χ1n) is 6.57. The van der Waals surface area contributed by atoms with Crippen LogP contribution in [0.15, 0.2) is 4.42 Å². The molecule has 0 atom stereocenters. The molecule has 1 heteroatoms. The molecule has 0 amide bonds. The van der Waals surface area contributed by atoms with Crippen LogP contribution in [0.25, 0.3) is 0 Å². The average Bonchev–Trinajstić information content (AvgIpc) is 2.55. The Kier molecular flexibility index (Phi) is 2.56. The standard InChI is InChI=1S/C14H20O/c1-2-4-9-13-11(7-3-1)12-8-5-6-10-14(12)15-13/h1-10H2. The highest BCUT2D eigenvalue weighted by atomic mass is 16.3. The molecule has 0 saturated heterocycles. The Bertz CT molecular complexity index is 348. The van der Waals surface area contributed by atoms with Gasteiger partial charge in [-0.3, -0.25) is 0 Å². The molecule has 0 N–H and O–H groups in total. The quantitative estimate of drug-likeness (QED) is 0.626. The van der Waals surface area contributed by atoms with Crippen LogP contribution in [0.1, 0.15) is 61.2 Å². The van der Waals surface area contributed by atoms with E-state index >= 15 is 0 Å². The molecule has 0 unspecified atom stereocenters. The van der Waals surface area contributed by atoms with Gasteiger partial charge in [0.1, 0.15) is 11.5 Å². The fourth-order valence-corrected chi connectivity index (χ4v) is 3.12. The topological polar surface area (TPSA) is 13.1 Å². The van der Waals surface area contributed by atoms with Crippen LogP contribution in [0, 0.1) is 0 Å². The van der Waals surface area contributed by atoms with Crippen LogP contribution in [0.2, 0.25) is 0 Å². The lowest BCUT2D eigenvalue weighted by atomic mass is 9.90. The molecule has 2 aliphatic carbocycles. The van der Waals surface area contributed by atoms with Crippen LogP contribution < -0.4 is 0 Å². The van der Waals surface area contributed by atoms with Gasteiger partial charge in [0.15, 0.2) is 0 Å². The van der Waals surface area contributed by atoms with Crippen LogP contribution in [0.4, 0.5) is 0 Å². The second-order valence-electron chi connectivity index (χ2n) is 5.03. The Balaban J connectivity index is 1.98. The predicted molar refractivity (Wildman–Crippen MR) is 61.2 cm³/mol. The van der Waals surface area contributed by atoms with E-state index < -0.39 is 0 Å². The molecule has 1 aromatic rings. The maximum atomic E-state index is 6.06. The molecular formula is C14H20O. The van der Waals surface area contributed by atoms with Crippen molar-refractivity contribution in [2.75, 3.05) is 0 Å². The van der Waals surface area contributed by atoms with Gasteiger partial charge < -0.3 is 4.42 Å². The van der Waals surface area contributed by atoms with Gasteiger partial charge in [0.2, 0.25) is 0 Å². The van der Waals surface area contributed by atoms with Crippen molar-refractivity contribution in [1.29, 1.82) is 0 Å². The Morgan fingerprint density at radius 2 is 1.00 bits per heavy atom. The Morgan fingerprint density at radius 1 is 0.533 bits per heavy atom. The van der Waals surface area contributed by atoms with Crippen LogP contribution in [-0.2, 0) is 25.7 Å². The smallest absolute Gasteiger partial charge is 0.107 e. The molecule has 0 bridgehead atoms. The maximum absolute atomic E-state index is 6.06. The van der Waals surface area contributed by atoms with Gasteiger partial charge in [-0.2, -0.15) is 0 Å². The number of furan rings is 1. The first kappa shape index (κ1) is 9.50. The minimum absolute atomic E-state index is 1.20. The molecule has 3 rings (SSSR count). The van der Waals surface area contributed by atoms with Gasteiger partial charge in [0.05, 0.1) is 0 Å². The summed E-state index contributed by atoms with van der Waals surface area (Å²) in [5.74, 6) is 2.69. The van der Waals surface area contributed by atoms with Gasteiger partial charge in [-0.05, 0) is 49.7 Å². The maximum Gasteiger partial charge on any atom is 0.107 e. The second kappa shape index (κ2) is 4.03. The molecule has 82 valence electrons. The zero-order valence-corrected chi connectivity index (χ0v) is 9.48. The number of hydrogen-bond acceptors (Lipinski definition) is 1. The van der Waals surface area contributed by atoms with E-state index in [2.05, 4.69) is 0 Å². The molecule has 1 nitrogen and oxygen atoms in total. The molecular weight excluding hydrogens is 184 g/mol. The van der Waals surface area contributed by atoms with Crippen molar-refractivity contribution < 1.29 is 4.42 Å². The van der Waals surface area contributed by atoms with Crippen LogP contribution in [0.5, 0.6) is 0 Å². The summed E-state index contributed by atoms with van der Waals surface area (Å²) < 4.78 is 6.06. The summed E-state index contributed by atoms with van der Waals surface area (Å²) in [5, 5.41) is 0. The lowest BCUT2D eigenvalue weighted by molar-refractivity contribution is 0.431. The minimum atomic E-state index is 1.20. The van der Waals surface area contributed by atoms with E-state index in [1.54, 1.807) is 11.1 Å². The van der Waals surface area contributed by atoms with Crippen molar-refractivity contribution in [1.82, 2.24) is 0 Å². The van der Waals surface area contributed by atoms with Gasteiger partial charge in [-0.15, -0.1) is 0 Å². The highest BCUT2D eigenvalue weighted by Crippen LogP contribution is 2.33. The zero-order chi connectivity index (χ0) is 10.1. The summed E-state index contributed by atoms with van der Waals surface area (Å²) in [6, 6.07) is 0. The molecule has 1 heterocycles. The number of aryl methyl sites for hydroxylation is 2. The fraction of sp³-hybridized carbons (Fsp3) is 0.714. The molecule has 0 aromatic carbocycles. The molecule has 0 radical (unpaired) electrons. The van der Waals surface area contributed by atoms with Crippen molar-refractivity contribution >= 4 is 0 Å².